The minimum Gasteiger partial charge on any atom is -0.506 e. The summed E-state index contributed by atoms with van der Waals surface area (Å²) in [5, 5.41) is 24.4. The van der Waals surface area contributed by atoms with Gasteiger partial charge < -0.3 is 9.67 Å². The third-order valence-corrected chi connectivity index (χ3v) is 4.58. The third-order valence-electron chi connectivity index (χ3n) is 4.58. The van der Waals surface area contributed by atoms with Gasteiger partial charge in [0.15, 0.2) is 5.69 Å². The van der Waals surface area contributed by atoms with E-state index in [-0.39, 0.29) is 22.7 Å². The van der Waals surface area contributed by atoms with Gasteiger partial charge in [0.05, 0.1) is 11.2 Å². The normalized spacial score (nSPS) is 11.5. The lowest BCUT2D eigenvalue weighted by Gasteiger charge is -2.10. The van der Waals surface area contributed by atoms with Crippen LogP contribution in [0.2, 0.25) is 0 Å². The lowest BCUT2D eigenvalue weighted by Crippen LogP contribution is -2.19. The summed E-state index contributed by atoms with van der Waals surface area (Å²) < 4.78 is 1.41. The first kappa shape index (κ1) is 17.5. The predicted octanol–water partition coefficient (Wildman–Crippen LogP) is 3.65. The Morgan fingerprint density at radius 1 is 0.964 bits per heavy atom. The molecule has 8 nitrogen and oxygen atoms in total. The number of nitrogens with zero attached hydrogens (tertiary/aromatic N) is 3. The Kier molecular flexibility index (Phi) is 4.15. The number of azo groups is 1. The van der Waals surface area contributed by atoms with E-state index in [4.69, 9.17) is 0 Å². The second-order valence-corrected chi connectivity index (χ2v) is 6.44. The smallest absolute Gasteiger partial charge is 0.292 e. The van der Waals surface area contributed by atoms with Crippen LogP contribution < -0.4 is 11.1 Å². The number of aromatic hydroxyl groups is 1. The number of aromatic amines is 2. The van der Waals surface area contributed by atoms with E-state index in [1.807, 2.05) is 19.1 Å². The predicted molar refractivity (Wildman–Crippen MR) is 107 cm³/mol. The van der Waals surface area contributed by atoms with Crippen molar-refractivity contribution in [2.75, 3.05) is 0 Å². The maximum atomic E-state index is 12.9. The number of benzene rings is 2. The van der Waals surface area contributed by atoms with Gasteiger partial charge in [-0.3, -0.25) is 19.8 Å². The van der Waals surface area contributed by atoms with Crippen LogP contribution in [0.5, 0.6) is 5.75 Å². The summed E-state index contributed by atoms with van der Waals surface area (Å²) in [4.78, 5) is 25.1. The fourth-order valence-electron chi connectivity index (χ4n) is 3.05. The van der Waals surface area contributed by atoms with Gasteiger partial charge in [-0.15, -0.1) is 5.11 Å². The molecule has 28 heavy (non-hydrogen) atoms. The lowest BCUT2D eigenvalue weighted by molar-refractivity contribution is 0.481. The number of para-hydroxylation sites is 1. The van der Waals surface area contributed by atoms with Gasteiger partial charge >= 0.3 is 0 Å². The Bertz CT molecular complexity index is 1330. The number of nitrogens with one attached hydrogen (secondary N) is 2. The molecule has 140 valence electrons. The average molecular weight is 375 g/mol. The van der Waals surface area contributed by atoms with Crippen molar-refractivity contribution in [2.45, 2.75) is 6.92 Å². The molecule has 0 saturated heterocycles. The van der Waals surface area contributed by atoms with Crippen molar-refractivity contribution in [1.82, 2.24) is 14.8 Å². The van der Waals surface area contributed by atoms with Crippen LogP contribution in [0.4, 0.5) is 11.4 Å². The van der Waals surface area contributed by atoms with Crippen LogP contribution in [0.15, 0.2) is 68.3 Å². The number of rotatable bonds is 3. The molecule has 2 heterocycles. The van der Waals surface area contributed by atoms with Crippen molar-refractivity contribution < 1.29 is 5.11 Å². The van der Waals surface area contributed by atoms with Crippen molar-refractivity contribution in [3.8, 4) is 17.0 Å². The van der Waals surface area contributed by atoms with Crippen LogP contribution in [0, 0.1) is 6.92 Å². The van der Waals surface area contributed by atoms with Gasteiger partial charge in [-0.05, 0) is 31.2 Å². The summed E-state index contributed by atoms with van der Waals surface area (Å²) >= 11 is 0. The summed E-state index contributed by atoms with van der Waals surface area (Å²) in [6.07, 6.45) is 0. The largest absolute Gasteiger partial charge is 0.506 e. The highest BCUT2D eigenvalue weighted by atomic mass is 16.3. The molecule has 2 aromatic heterocycles. The Labute approximate surface area is 158 Å². The second kappa shape index (κ2) is 6.66. The number of aromatic nitrogens is 3. The van der Waals surface area contributed by atoms with E-state index < -0.39 is 11.1 Å². The zero-order valence-corrected chi connectivity index (χ0v) is 15.2. The van der Waals surface area contributed by atoms with Crippen LogP contribution in [0.1, 0.15) is 5.56 Å². The Balaban J connectivity index is 1.91. The number of hydrogen-bond donors (Lipinski definition) is 3. The molecule has 0 bridgehead atoms. The van der Waals surface area contributed by atoms with Crippen molar-refractivity contribution in [1.29, 1.82) is 0 Å². The summed E-state index contributed by atoms with van der Waals surface area (Å²) in [6, 6.07) is 14.3. The molecule has 0 unspecified atom stereocenters. The maximum absolute atomic E-state index is 12.9. The number of aryl methyl sites for hydroxylation is 2. The fourth-order valence-corrected chi connectivity index (χ4v) is 3.05. The minimum atomic E-state index is -0.541. The quantitative estimate of drug-likeness (QED) is 0.475. The first-order valence-corrected chi connectivity index (χ1v) is 8.57. The van der Waals surface area contributed by atoms with E-state index in [0.29, 0.717) is 16.6 Å². The summed E-state index contributed by atoms with van der Waals surface area (Å²) in [5.74, 6) is -0.222. The van der Waals surface area contributed by atoms with Crippen molar-refractivity contribution in [3.05, 3.63) is 74.8 Å². The monoisotopic (exact) mass is 375 g/mol. The molecule has 0 atom stereocenters. The number of hydrogen-bond acceptors (Lipinski definition) is 5. The average Bonchev–Trinajstić information content (AvgIpc) is 3.06. The van der Waals surface area contributed by atoms with Crippen LogP contribution in [0.3, 0.4) is 0 Å². The highest BCUT2D eigenvalue weighted by Crippen LogP contribution is 2.35. The van der Waals surface area contributed by atoms with Gasteiger partial charge in [-0.25, -0.2) is 0 Å². The van der Waals surface area contributed by atoms with Crippen LogP contribution in [-0.4, -0.2) is 19.9 Å². The van der Waals surface area contributed by atoms with Crippen LogP contribution in [-0.2, 0) is 7.05 Å². The standard InChI is InChI=1S/C20H17N5O3/c1-11-7-9-12(10-8-11)21-23-17-16(22-24-19(17)27)15-18(26)13-5-3-4-6-14(13)25(2)20(15)28/h3-10,26H,1-2H3,(H2,22,24,27). The van der Waals surface area contributed by atoms with Crippen molar-refractivity contribution in [2.24, 2.45) is 17.3 Å². The SMILES string of the molecule is Cc1ccc(N=Nc2c(-c3c(O)c4ccccc4n(C)c3=O)[nH][nH]c2=O)cc1. The zero-order chi connectivity index (χ0) is 19.8. The third kappa shape index (κ3) is 2.81. The van der Waals surface area contributed by atoms with Crippen LogP contribution >= 0.6 is 0 Å². The van der Waals surface area contributed by atoms with Crippen molar-refractivity contribution >= 4 is 22.3 Å². The molecular weight excluding hydrogens is 358 g/mol. The molecule has 0 fully saturated rings. The van der Waals surface area contributed by atoms with Gasteiger partial charge in [0.25, 0.3) is 11.1 Å². The minimum absolute atomic E-state index is 0.0441. The Morgan fingerprint density at radius 3 is 2.43 bits per heavy atom. The van der Waals surface area contributed by atoms with Gasteiger partial charge in [-0.1, -0.05) is 29.8 Å². The maximum Gasteiger partial charge on any atom is 0.292 e. The van der Waals surface area contributed by atoms with Gasteiger partial charge in [0, 0.05) is 12.4 Å². The van der Waals surface area contributed by atoms with E-state index in [1.54, 1.807) is 43.4 Å². The fraction of sp³-hybridized carbons (Fsp3) is 0.100. The number of H-pyrrole nitrogens is 2. The van der Waals surface area contributed by atoms with E-state index in [0.717, 1.165) is 5.56 Å². The molecule has 0 aliphatic rings. The summed E-state index contributed by atoms with van der Waals surface area (Å²) in [6.45, 7) is 1.95. The van der Waals surface area contributed by atoms with Gasteiger partial charge in [-0.2, -0.15) is 5.11 Å². The molecule has 4 rings (SSSR count). The first-order chi connectivity index (χ1) is 13.5. The molecule has 4 aromatic rings. The molecule has 0 saturated carbocycles. The van der Waals surface area contributed by atoms with E-state index in [1.165, 1.54) is 4.57 Å². The highest BCUT2D eigenvalue weighted by molar-refractivity contribution is 5.93. The van der Waals surface area contributed by atoms with E-state index in [2.05, 4.69) is 20.4 Å². The Hall–Kier alpha value is -3.94. The molecule has 0 aliphatic heterocycles. The lowest BCUT2D eigenvalue weighted by atomic mass is 10.1. The zero-order valence-electron chi connectivity index (χ0n) is 15.2. The molecule has 0 radical (unpaired) electrons. The van der Waals surface area contributed by atoms with E-state index in [9.17, 15) is 14.7 Å². The molecule has 3 N–H and O–H groups in total. The molecular formula is C20H17N5O3. The number of pyridine rings is 1. The Morgan fingerprint density at radius 2 is 1.68 bits per heavy atom. The summed E-state index contributed by atoms with van der Waals surface area (Å²) in [5.41, 5.74) is 1.18. The molecule has 0 aliphatic carbocycles. The summed E-state index contributed by atoms with van der Waals surface area (Å²) in [7, 11) is 1.60. The topological polar surface area (TPSA) is 116 Å². The molecule has 0 amide bonds. The molecule has 0 spiro atoms. The van der Waals surface area contributed by atoms with Gasteiger partial charge in [0.2, 0.25) is 0 Å². The van der Waals surface area contributed by atoms with E-state index >= 15 is 0 Å². The first-order valence-electron chi connectivity index (χ1n) is 8.57. The highest BCUT2D eigenvalue weighted by Gasteiger charge is 2.22. The number of fused-ring (bicyclic) bond motifs is 1. The van der Waals surface area contributed by atoms with Gasteiger partial charge in [0.1, 0.15) is 17.0 Å². The van der Waals surface area contributed by atoms with Crippen molar-refractivity contribution in [3.63, 3.8) is 0 Å². The van der Waals surface area contributed by atoms with Crippen LogP contribution in [0.25, 0.3) is 22.2 Å². The second-order valence-electron chi connectivity index (χ2n) is 6.44. The molecule has 8 heteroatoms. The molecule has 2 aromatic carbocycles.